The second kappa shape index (κ2) is 6.48. The second-order valence-corrected chi connectivity index (χ2v) is 5.42. The van der Waals surface area contributed by atoms with Crippen LogP contribution in [0.2, 0.25) is 0 Å². The van der Waals surface area contributed by atoms with Crippen molar-refractivity contribution in [2.24, 2.45) is 0 Å². The highest BCUT2D eigenvalue weighted by Crippen LogP contribution is 2.25. The van der Waals surface area contributed by atoms with E-state index in [2.05, 4.69) is 35.9 Å². The van der Waals surface area contributed by atoms with Crippen LogP contribution in [0.15, 0.2) is 47.4 Å². The summed E-state index contributed by atoms with van der Waals surface area (Å²) in [5, 5.41) is 9.01. The van der Waals surface area contributed by atoms with Gasteiger partial charge in [0.2, 0.25) is 0 Å². The maximum absolute atomic E-state index is 11.0. The van der Waals surface area contributed by atoms with Crippen LogP contribution >= 0.6 is 11.9 Å². The average Bonchev–Trinajstić information content (AvgIpc) is 2.46. The Balaban J connectivity index is 2.09. The minimum atomic E-state index is -0.912. The Hall–Kier alpha value is -1.94. The fourth-order valence-corrected chi connectivity index (χ4v) is 2.49. The van der Waals surface area contributed by atoms with E-state index in [0.29, 0.717) is 5.56 Å². The molecule has 0 spiro atoms. The minimum absolute atomic E-state index is 0.292. The largest absolute Gasteiger partial charge is 0.478 e. The molecule has 0 saturated heterocycles. The molecular weight excluding hydrogens is 270 g/mol. The first-order valence-electron chi connectivity index (χ1n) is 6.46. The number of aryl methyl sites for hydroxylation is 2. The van der Waals surface area contributed by atoms with Gasteiger partial charge in [0, 0.05) is 10.6 Å². The van der Waals surface area contributed by atoms with E-state index < -0.39 is 5.97 Å². The molecule has 2 aromatic carbocycles. The fraction of sp³-hybridized carbons (Fsp3) is 0.188. The molecule has 2 aromatic rings. The highest BCUT2D eigenvalue weighted by molar-refractivity contribution is 8.00. The molecule has 3 nitrogen and oxygen atoms in total. The number of carboxylic acid groups (broad SMARTS) is 1. The van der Waals surface area contributed by atoms with E-state index >= 15 is 0 Å². The van der Waals surface area contributed by atoms with Crippen molar-refractivity contribution in [3.8, 4) is 0 Å². The van der Waals surface area contributed by atoms with Crippen LogP contribution in [0.3, 0.4) is 0 Å². The molecule has 2 rings (SSSR count). The van der Waals surface area contributed by atoms with Gasteiger partial charge in [0.15, 0.2) is 0 Å². The van der Waals surface area contributed by atoms with E-state index in [1.54, 1.807) is 12.1 Å². The average molecular weight is 287 g/mol. The molecule has 0 radical (unpaired) electrons. The van der Waals surface area contributed by atoms with Crippen molar-refractivity contribution >= 4 is 23.6 Å². The summed E-state index contributed by atoms with van der Waals surface area (Å²) in [5.74, 6) is -0.912. The first-order chi connectivity index (χ1) is 9.60. The van der Waals surface area contributed by atoms with E-state index in [1.165, 1.54) is 17.5 Å². The molecule has 4 heteroatoms. The maximum Gasteiger partial charge on any atom is 0.335 e. The first kappa shape index (κ1) is 14.5. The quantitative estimate of drug-likeness (QED) is 0.801. The Morgan fingerprint density at radius 1 is 1.20 bits per heavy atom. The molecule has 0 heterocycles. The predicted molar refractivity (Wildman–Crippen MR) is 83.4 cm³/mol. The predicted octanol–water partition coefficient (Wildman–Crippen LogP) is 4.37. The van der Waals surface area contributed by atoms with Crippen LogP contribution in [0.4, 0.5) is 5.69 Å². The molecule has 0 atom stereocenters. The molecule has 104 valence electrons. The van der Waals surface area contributed by atoms with E-state index in [-0.39, 0.29) is 0 Å². The van der Waals surface area contributed by atoms with Crippen LogP contribution in [-0.2, 0) is 6.42 Å². The number of carbonyl (C=O) groups is 1. The fourth-order valence-electron chi connectivity index (χ4n) is 1.77. The van der Waals surface area contributed by atoms with Crippen molar-refractivity contribution in [2.75, 3.05) is 4.72 Å². The summed E-state index contributed by atoms with van der Waals surface area (Å²) in [5.41, 5.74) is 3.44. The van der Waals surface area contributed by atoms with Crippen molar-refractivity contribution in [3.05, 3.63) is 59.2 Å². The number of carboxylic acids is 1. The van der Waals surface area contributed by atoms with Crippen LogP contribution in [0, 0.1) is 6.92 Å². The highest BCUT2D eigenvalue weighted by Gasteiger charge is 2.06. The Morgan fingerprint density at radius 3 is 2.50 bits per heavy atom. The molecule has 0 unspecified atom stereocenters. The molecule has 0 aliphatic rings. The minimum Gasteiger partial charge on any atom is -0.478 e. The first-order valence-corrected chi connectivity index (χ1v) is 7.27. The van der Waals surface area contributed by atoms with Gasteiger partial charge in [-0.1, -0.05) is 25.1 Å². The van der Waals surface area contributed by atoms with Gasteiger partial charge in [-0.2, -0.15) is 0 Å². The Kier molecular flexibility index (Phi) is 4.69. The third-order valence-corrected chi connectivity index (χ3v) is 3.92. The third-order valence-electron chi connectivity index (χ3n) is 3.09. The number of rotatable bonds is 5. The molecule has 0 bridgehead atoms. The molecule has 0 aromatic heterocycles. The number of nitrogens with one attached hydrogen (secondary N) is 1. The van der Waals surface area contributed by atoms with Gasteiger partial charge in [0.05, 0.1) is 5.56 Å². The molecule has 0 saturated carbocycles. The van der Waals surface area contributed by atoms with Crippen LogP contribution in [-0.4, -0.2) is 11.1 Å². The van der Waals surface area contributed by atoms with Gasteiger partial charge in [-0.05, 0) is 60.7 Å². The molecule has 0 aliphatic carbocycles. The molecule has 20 heavy (non-hydrogen) atoms. The van der Waals surface area contributed by atoms with Gasteiger partial charge in [-0.25, -0.2) is 4.79 Å². The molecule has 0 fully saturated rings. The summed E-state index contributed by atoms with van der Waals surface area (Å²) in [6.07, 6.45) is 1.03. The van der Waals surface area contributed by atoms with Crippen molar-refractivity contribution in [2.45, 2.75) is 25.2 Å². The SMILES string of the molecule is CCc1ccc(SNc2cc(C(=O)O)ccc2C)cc1. The summed E-state index contributed by atoms with van der Waals surface area (Å²) in [4.78, 5) is 12.1. The van der Waals surface area contributed by atoms with Crippen LogP contribution in [0.25, 0.3) is 0 Å². The van der Waals surface area contributed by atoms with Crippen molar-refractivity contribution < 1.29 is 9.90 Å². The van der Waals surface area contributed by atoms with Gasteiger partial charge in [0.1, 0.15) is 0 Å². The number of aromatic carboxylic acids is 1. The van der Waals surface area contributed by atoms with Crippen molar-refractivity contribution in [1.29, 1.82) is 0 Å². The summed E-state index contributed by atoms with van der Waals surface area (Å²) in [7, 11) is 0. The van der Waals surface area contributed by atoms with Gasteiger partial charge in [0.25, 0.3) is 0 Å². The van der Waals surface area contributed by atoms with Crippen molar-refractivity contribution in [1.82, 2.24) is 0 Å². The van der Waals surface area contributed by atoms with Gasteiger partial charge in [-0.3, -0.25) is 0 Å². The van der Waals surface area contributed by atoms with E-state index in [9.17, 15) is 4.79 Å². The molecular formula is C16H17NO2S. The Labute approximate surface area is 123 Å². The van der Waals surface area contributed by atoms with Gasteiger partial charge >= 0.3 is 5.97 Å². The number of anilines is 1. The zero-order valence-electron chi connectivity index (χ0n) is 11.5. The second-order valence-electron chi connectivity index (χ2n) is 4.54. The Morgan fingerprint density at radius 2 is 1.90 bits per heavy atom. The molecule has 0 aliphatic heterocycles. The van der Waals surface area contributed by atoms with Gasteiger partial charge < -0.3 is 9.83 Å². The van der Waals surface area contributed by atoms with Crippen molar-refractivity contribution in [3.63, 3.8) is 0 Å². The van der Waals surface area contributed by atoms with E-state index in [0.717, 1.165) is 22.6 Å². The zero-order chi connectivity index (χ0) is 14.5. The number of hydrogen-bond acceptors (Lipinski definition) is 3. The maximum atomic E-state index is 11.0. The lowest BCUT2D eigenvalue weighted by molar-refractivity contribution is 0.0697. The molecule has 2 N–H and O–H groups in total. The Bertz CT molecular complexity index is 608. The monoisotopic (exact) mass is 287 g/mol. The third kappa shape index (κ3) is 3.54. The summed E-state index contributed by atoms with van der Waals surface area (Å²) < 4.78 is 3.22. The van der Waals surface area contributed by atoms with Crippen LogP contribution < -0.4 is 4.72 Å². The van der Waals surface area contributed by atoms with Gasteiger partial charge in [-0.15, -0.1) is 0 Å². The van der Waals surface area contributed by atoms with E-state index in [1.807, 2.05) is 13.0 Å². The van der Waals surface area contributed by atoms with Crippen LogP contribution in [0.5, 0.6) is 0 Å². The normalized spacial score (nSPS) is 10.3. The lowest BCUT2D eigenvalue weighted by Gasteiger charge is -2.10. The zero-order valence-corrected chi connectivity index (χ0v) is 12.3. The lowest BCUT2D eigenvalue weighted by Crippen LogP contribution is -1.98. The number of hydrogen-bond donors (Lipinski definition) is 2. The number of benzene rings is 2. The van der Waals surface area contributed by atoms with E-state index in [4.69, 9.17) is 5.11 Å². The highest BCUT2D eigenvalue weighted by atomic mass is 32.2. The lowest BCUT2D eigenvalue weighted by atomic mass is 10.1. The molecule has 0 amide bonds. The van der Waals surface area contributed by atoms with Crippen LogP contribution in [0.1, 0.15) is 28.4 Å². The summed E-state index contributed by atoms with van der Waals surface area (Å²) in [6.45, 7) is 4.08. The smallest absolute Gasteiger partial charge is 0.335 e. The summed E-state index contributed by atoms with van der Waals surface area (Å²) >= 11 is 1.48. The standard InChI is InChI=1S/C16H17NO2S/c1-3-12-5-8-14(9-6-12)20-17-15-10-13(16(18)19)7-4-11(15)2/h4-10,17H,3H2,1-2H3,(H,18,19). The summed E-state index contributed by atoms with van der Waals surface area (Å²) in [6, 6.07) is 13.4. The topological polar surface area (TPSA) is 49.3 Å².